The Kier molecular flexibility index (Phi) is 4.01. The lowest BCUT2D eigenvalue weighted by atomic mass is 10.0. The average Bonchev–Trinajstić information content (AvgIpc) is 2.31. The van der Waals surface area contributed by atoms with Crippen molar-refractivity contribution in [2.75, 3.05) is 19.6 Å². The summed E-state index contributed by atoms with van der Waals surface area (Å²) in [6.07, 6.45) is 8.15. The van der Waals surface area contributed by atoms with Gasteiger partial charge in [0.05, 0.1) is 0 Å². The van der Waals surface area contributed by atoms with E-state index in [1.807, 2.05) is 0 Å². The van der Waals surface area contributed by atoms with Crippen LogP contribution in [0.15, 0.2) is 0 Å². The van der Waals surface area contributed by atoms with Crippen LogP contribution in [0, 0.1) is 0 Å². The fourth-order valence-corrected chi connectivity index (χ4v) is 2.58. The summed E-state index contributed by atoms with van der Waals surface area (Å²) < 4.78 is 0. The zero-order chi connectivity index (χ0) is 10.5. The van der Waals surface area contributed by atoms with Crippen molar-refractivity contribution >= 4 is 5.91 Å². The molecule has 3 heteroatoms. The van der Waals surface area contributed by atoms with Crippen LogP contribution < -0.4 is 5.32 Å². The second kappa shape index (κ2) is 5.50. The Morgan fingerprint density at radius 2 is 1.93 bits per heavy atom. The SMILES string of the molecule is O=C(C[C@H]1CCCCN1)N1CCCCC1. The second-order valence-corrected chi connectivity index (χ2v) is 4.79. The molecule has 0 aromatic rings. The summed E-state index contributed by atoms with van der Waals surface area (Å²) >= 11 is 0. The van der Waals surface area contributed by atoms with Crippen LogP contribution in [0.25, 0.3) is 0 Å². The number of hydrogen-bond donors (Lipinski definition) is 1. The molecule has 0 unspecified atom stereocenters. The normalized spacial score (nSPS) is 27.7. The van der Waals surface area contributed by atoms with E-state index < -0.39 is 0 Å². The van der Waals surface area contributed by atoms with Crippen molar-refractivity contribution in [3.63, 3.8) is 0 Å². The summed E-state index contributed by atoms with van der Waals surface area (Å²) in [5.41, 5.74) is 0. The molecule has 0 aliphatic carbocycles. The average molecular weight is 210 g/mol. The van der Waals surface area contributed by atoms with Crippen LogP contribution in [0.5, 0.6) is 0 Å². The third kappa shape index (κ3) is 3.20. The van der Waals surface area contributed by atoms with Crippen molar-refractivity contribution in [2.45, 2.75) is 51.0 Å². The Morgan fingerprint density at radius 1 is 1.13 bits per heavy atom. The summed E-state index contributed by atoms with van der Waals surface area (Å²) in [4.78, 5) is 14.0. The summed E-state index contributed by atoms with van der Waals surface area (Å²) in [7, 11) is 0. The highest BCUT2D eigenvalue weighted by molar-refractivity contribution is 5.76. The van der Waals surface area contributed by atoms with Gasteiger partial charge in [0.25, 0.3) is 0 Å². The van der Waals surface area contributed by atoms with Crippen LogP contribution in [0.1, 0.15) is 44.9 Å². The zero-order valence-corrected chi connectivity index (χ0v) is 9.50. The molecule has 2 fully saturated rings. The van der Waals surface area contributed by atoms with E-state index in [1.54, 1.807) is 0 Å². The van der Waals surface area contributed by atoms with E-state index in [-0.39, 0.29) is 0 Å². The minimum atomic E-state index is 0.370. The smallest absolute Gasteiger partial charge is 0.224 e. The van der Waals surface area contributed by atoms with Crippen molar-refractivity contribution in [3.05, 3.63) is 0 Å². The van der Waals surface area contributed by atoms with Crippen molar-refractivity contribution < 1.29 is 4.79 Å². The topological polar surface area (TPSA) is 32.3 Å². The maximum Gasteiger partial charge on any atom is 0.224 e. The molecule has 2 aliphatic rings. The quantitative estimate of drug-likeness (QED) is 0.749. The van der Waals surface area contributed by atoms with Gasteiger partial charge in [-0.25, -0.2) is 0 Å². The Labute approximate surface area is 92.2 Å². The molecule has 1 N–H and O–H groups in total. The first kappa shape index (κ1) is 10.9. The predicted molar refractivity (Wildman–Crippen MR) is 60.7 cm³/mol. The molecule has 0 bridgehead atoms. The number of piperidine rings is 2. The molecule has 2 heterocycles. The van der Waals surface area contributed by atoms with Gasteiger partial charge in [-0.05, 0) is 38.6 Å². The largest absolute Gasteiger partial charge is 0.343 e. The molecule has 2 saturated heterocycles. The standard InChI is InChI=1S/C12H22N2O/c15-12(14-8-4-1-5-9-14)10-11-6-2-3-7-13-11/h11,13H,1-10H2/t11-/m1/s1. The molecule has 0 spiro atoms. The van der Waals surface area contributed by atoms with E-state index in [4.69, 9.17) is 0 Å². The molecule has 3 nitrogen and oxygen atoms in total. The first-order chi connectivity index (χ1) is 7.36. The molecular weight excluding hydrogens is 188 g/mol. The predicted octanol–water partition coefficient (Wildman–Crippen LogP) is 1.53. The number of carbonyl (C=O) groups is 1. The Morgan fingerprint density at radius 3 is 2.60 bits per heavy atom. The fourth-order valence-electron chi connectivity index (χ4n) is 2.58. The van der Waals surface area contributed by atoms with Gasteiger partial charge in [0.1, 0.15) is 0 Å². The molecule has 2 rings (SSSR count). The van der Waals surface area contributed by atoms with Crippen LogP contribution in [-0.4, -0.2) is 36.5 Å². The van der Waals surface area contributed by atoms with Gasteiger partial charge in [0.15, 0.2) is 0 Å². The van der Waals surface area contributed by atoms with Crippen molar-refractivity contribution in [3.8, 4) is 0 Å². The molecule has 1 amide bonds. The lowest BCUT2D eigenvalue weighted by Gasteiger charge is -2.30. The summed E-state index contributed by atoms with van der Waals surface area (Å²) in [5.74, 6) is 0.370. The van der Waals surface area contributed by atoms with Crippen LogP contribution in [-0.2, 0) is 4.79 Å². The van der Waals surface area contributed by atoms with Crippen LogP contribution in [0.3, 0.4) is 0 Å². The molecule has 0 radical (unpaired) electrons. The highest BCUT2D eigenvalue weighted by atomic mass is 16.2. The van der Waals surface area contributed by atoms with E-state index in [9.17, 15) is 4.79 Å². The van der Waals surface area contributed by atoms with Crippen LogP contribution in [0.2, 0.25) is 0 Å². The summed E-state index contributed by atoms with van der Waals surface area (Å²) in [6.45, 7) is 3.08. The Hall–Kier alpha value is -0.570. The maximum atomic E-state index is 12.0. The molecule has 86 valence electrons. The summed E-state index contributed by atoms with van der Waals surface area (Å²) in [5, 5.41) is 3.44. The number of nitrogens with zero attached hydrogens (tertiary/aromatic N) is 1. The fraction of sp³-hybridized carbons (Fsp3) is 0.917. The number of nitrogens with one attached hydrogen (secondary N) is 1. The lowest BCUT2D eigenvalue weighted by molar-refractivity contribution is -0.132. The van der Waals surface area contributed by atoms with E-state index >= 15 is 0 Å². The third-order valence-corrected chi connectivity index (χ3v) is 3.54. The Bertz CT molecular complexity index is 206. The highest BCUT2D eigenvalue weighted by Gasteiger charge is 2.21. The van der Waals surface area contributed by atoms with E-state index in [0.29, 0.717) is 11.9 Å². The second-order valence-electron chi connectivity index (χ2n) is 4.79. The molecule has 0 saturated carbocycles. The van der Waals surface area contributed by atoms with Crippen LogP contribution in [0.4, 0.5) is 0 Å². The summed E-state index contributed by atoms with van der Waals surface area (Å²) in [6, 6.07) is 0.452. The van der Waals surface area contributed by atoms with E-state index in [2.05, 4.69) is 10.2 Å². The van der Waals surface area contributed by atoms with Gasteiger partial charge in [-0.15, -0.1) is 0 Å². The lowest BCUT2D eigenvalue weighted by Crippen LogP contribution is -2.42. The van der Waals surface area contributed by atoms with Gasteiger partial charge in [-0.2, -0.15) is 0 Å². The van der Waals surface area contributed by atoms with E-state index in [1.165, 1.54) is 38.5 Å². The number of likely N-dealkylation sites (tertiary alicyclic amines) is 1. The van der Waals surface area contributed by atoms with E-state index in [0.717, 1.165) is 26.1 Å². The first-order valence-corrected chi connectivity index (χ1v) is 6.37. The minimum Gasteiger partial charge on any atom is -0.343 e. The van der Waals surface area contributed by atoms with Crippen molar-refractivity contribution in [1.29, 1.82) is 0 Å². The van der Waals surface area contributed by atoms with Gasteiger partial charge in [0, 0.05) is 25.6 Å². The number of carbonyl (C=O) groups excluding carboxylic acids is 1. The molecule has 0 aromatic heterocycles. The van der Waals surface area contributed by atoms with Crippen molar-refractivity contribution in [1.82, 2.24) is 10.2 Å². The number of amides is 1. The Balaban J connectivity index is 1.74. The number of rotatable bonds is 2. The van der Waals surface area contributed by atoms with Gasteiger partial charge in [0.2, 0.25) is 5.91 Å². The first-order valence-electron chi connectivity index (χ1n) is 6.37. The van der Waals surface area contributed by atoms with Gasteiger partial charge in [-0.3, -0.25) is 4.79 Å². The van der Waals surface area contributed by atoms with Crippen LogP contribution >= 0.6 is 0 Å². The van der Waals surface area contributed by atoms with Gasteiger partial charge >= 0.3 is 0 Å². The maximum absolute atomic E-state index is 12.0. The zero-order valence-electron chi connectivity index (χ0n) is 9.50. The van der Waals surface area contributed by atoms with Crippen molar-refractivity contribution in [2.24, 2.45) is 0 Å². The third-order valence-electron chi connectivity index (χ3n) is 3.54. The molecular formula is C12H22N2O. The monoisotopic (exact) mass is 210 g/mol. The minimum absolute atomic E-state index is 0.370. The highest BCUT2D eigenvalue weighted by Crippen LogP contribution is 2.14. The molecule has 2 aliphatic heterocycles. The van der Waals surface area contributed by atoms with Gasteiger partial charge < -0.3 is 10.2 Å². The molecule has 1 atom stereocenters. The molecule has 0 aromatic carbocycles. The number of hydrogen-bond acceptors (Lipinski definition) is 2. The van der Waals surface area contributed by atoms with Gasteiger partial charge in [-0.1, -0.05) is 6.42 Å². The molecule has 15 heavy (non-hydrogen) atoms.